The molecule has 1 N–H and O–H groups in total. The maximum Gasteiger partial charge on any atom is 0.147 e. The molecule has 112 valence electrons. The zero-order chi connectivity index (χ0) is 14.8. The first-order chi connectivity index (χ1) is 10.2. The standard InChI is InChI=1S/C15H19ClN4O/c1-10(13-7-11(16)3-6-14(13)21-2)17-8-15-19-18-9-20(15)12-4-5-12/h3,6-7,9-10,12,17H,4-5,8H2,1-2H3/t10-/m0/s1. The van der Waals surface area contributed by atoms with Gasteiger partial charge in [0.05, 0.1) is 13.7 Å². The third kappa shape index (κ3) is 3.19. The minimum Gasteiger partial charge on any atom is -0.496 e. The molecule has 1 atom stereocenters. The van der Waals surface area contributed by atoms with Gasteiger partial charge in [-0.15, -0.1) is 10.2 Å². The molecule has 0 spiro atoms. The minimum absolute atomic E-state index is 0.114. The van der Waals surface area contributed by atoms with Crippen molar-refractivity contribution in [3.8, 4) is 5.75 Å². The largest absolute Gasteiger partial charge is 0.496 e. The van der Waals surface area contributed by atoms with Gasteiger partial charge in [0.2, 0.25) is 0 Å². The van der Waals surface area contributed by atoms with Crippen LogP contribution in [-0.2, 0) is 6.54 Å². The predicted octanol–water partition coefficient (Wildman–Crippen LogP) is 3.13. The fourth-order valence-corrected chi connectivity index (χ4v) is 2.63. The van der Waals surface area contributed by atoms with Crippen LogP contribution in [0, 0.1) is 0 Å². The first kappa shape index (κ1) is 14.4. The zero-order valence-corrected chi connectivity index (χ0v) is 13.0. The summed E-state index contributed by atoms with van der Waals surface area (Å²) in [7, 11) is 1.67. The molecule has 21 heavy (non-hydrogen) atoms. The van der Waals surface area contributed by atoms with Crippen LogP contribution in [0.2, 0.25) is 5.02 Å². The molecule has 1 saturated carbocycles. The molecular weight excluding hydrogens is 288 g/mol. The topological polar surface area (TPSA) is 52.0 Å². The second-order valence-electron chi connectivity index (χ2n) is 5.37. The van der Waals surface area contributed by atoms with E-state index >= 15 is 0 Å². The summed E-state index contributed by atoms with van der Waals surface area (Å²) in [6.45, 7) is 2.76. The molecule has 1 aromatic carbocycles. The van der Waals surface area contributed by atoms with Gasteiger partial charge >= 0.3 is 0 Å². The number of hydrogen-bond acceptors (Lipinski definition) is 4. The van der Waals surface area contributed by atoms with Gasteiger partial charge < -0.3 is 14.6 Å². The summed E-state index contributed by atoms with van der Waals surface area (Å²) in [4.78, 5) is 0. The molecule has 6 heteroatoms. The van der Waals surface area contributed by atoms with Gasteiger partial charge in [0.1, 0.15) is 17.9 Å². The molecule has 1 aliphatic carbocycles. The molecule has 0 saturated heterocycles. The number of methoxy groups -OCH3 is 1. The van der Waals surface area contributed by atoms with E-state index in [-0.39, 0.29) is 6.04 Å². The van der Waals surface area contributed by atoms with Crippen LogP contribution in [0.4, 0.5) is 0 Å². The van der Waals surface area contributed by atoms with E-state index in [0.717, 1.165) is 17.1 Å². The van der Waals surface area contributed by atoms with E-state index in [1.807, 2.05) is 24.5 Å². The van der Waals surface area contributed by atoms with Crippen LogP contribution < -0.4 is 10.1 Å². The Morgan fingerprint density at radius 2 is 2.29 bits per heavy atom. The number of benzene rings is 1. The quantitative estimate of drug-likeness (QED) is 0.891. The summed E-state index contributed by atoms with van der Waals surface area (Å²) in [6.07, 6.45) is 4.27. The Morgan fingerprint density at radius 3 is 3.00 bits per heavy atom. The van der Waals surface area contributed by atoms with Crippen molar-refractivity contribution >= 4 is 11.6 Å². The molecule has 0 aliphatic heterocycles. The van der Waals surface area contributed by atoms with Crippen molar-refractivity contribution in [2.75, 3.05) is 7.11 Å². The molecule has 1 aromatic heterocycles. The average Bonchev–Trinajstić information content (AvgIpc) is 3.23. The second kappa shape index (κ2) is 6.03. The van der Waals surface area contributed by atoms with Gasteiger partial charge in [0.15, 0.2) is 0 Å². The van der Waals surface area contributed by atoms with Crippen molar-refractivity contribution in [2.45, 2.75) is 38.4 Å². The Kier molecular flexibility index (Phi) is 4.12. The summed E-state index contributed by atoms with van der Waals surface area (Å²) in [5.74, 6) is 1.81. The van der Waals surface area contributed by atoms with Gasteiger partial charge in [0.25, 0.3) is 0 Å². The summed E-state index contributed by atoms with van der Waals surface area (Å²) in [6, 6.07) is 6.36. The number of rotatable bonds is 6. The van der Waals surface area contributed by atoms with Gasteiger partial charge in [-0.1, -0.05) is 11.6 Å². The fourth-order valence-electron chi connectivity index (χ4n) is 2.45. The third-order valence-corrected chi connectivity index (χ3v) is 4.05. The molecule has 0 bridgehead atoms. The van der Waals surface area contributed by atoms with E-state index < -0.39 is 0 Å². The maximum absolute atomic E-state index is 6.08. The van der Waals surface area contributed by atoms with Crippen molar-refractivity contribution in [2.24, 2.45) is 0 Å². The normalized spacial score (nSPS) is 16.0. The molecule has 5 nitrogen and oxygen atoms in total. The SMILES string of the molecule is COc1ccc(Cl)cc1[C@H](C)NCc1nncn1C1CC1. The number of nitrogens with one attached hydrogen (secondary N) is 1. The second-order valence-corrected chi connectivity index (χ2v) is 5.81. The highest BCUT2D eigenvalue weighted by molar-refractivity contribution is 6.30. The Bertz CT molecular complexity index is 624. The lowest BCUT2D eigenvalue weighted by atomic mass is 10.1. The van der Waals surface area contributed by atoms with Gasteiger partial charge in [0, 0.05) is 22.7 Å². The molecule has 3 rings (SSSR count). The van der Waals surface area contributed by atoms with Gasteiger partial charge in [-0.2, -0.15) is 0 Å². The van der Waals surface area contributed by atoms with Crippen molar-refractivity contribution in [3.05, 3.63) is 40.9 Å². The van der Waals surface area contributed by atoms with Gasteiger partial charge in [-0.25, -0.2) is 0 Å². The summed E-state index contributed by atoms with van der Waals surface area (Å²) < 4.78 is 7.56. The molecule has 0 amide bonds. The Hall–Kier alpha value is -1.59. The molecule has 1 heterocycles. The molecule has 1 fully saturated rings. The maximum atomic E-state index is 6.08. The first-order valence-corrected chi connectivity index (χ1v) is 7.52. The number of nitrogens with zero attached hydrogens (tertiary/aromatic N) is 3. The number of hydrogen-bond donors (Lipinski definition) is 1. The van der Waals surface area contributed by atoms with Crippen LogP contribution in [0.25, 0.3) is 0 Å². The van der Waals surface area contributed by atoms with Crippen molar-refractivity contribution in [1.82, 2.24) is 20.1 Å². The van der Waals surface area contributed by atoms with E-state index in [9.17, 15) is 0 Å². The molecular formula is C15H19ClN4O. The lowest BCUT2D eigenvalue weighted by molar-refractivity contribution is 0.400. The summed E-state index contributed by atoms with van der Waals surface area (Å²) in [5.41, 5.74) is 1.04. The fraction of sp³-hybridized carbons (Fsp3) is 0.467. The summed E-state index contributed by atoms with van der Waals surface area (Å²) in [5, 5.41) is 12.4. The lowest BCUT2D eigenvalue weighted by Crippen LogP contribution is -2.21. The van der Waals surface area contributed by atoms with E-state index in [4.69, 9.17) is 16.3 Å². The van der Waals surface area contributed by atoms with Gasteiger partial charge in [-0.3, -0.25) is 0 Å². The third-order valence-electron chi connectivity index (χ3n) is 3.81. The Labute approximate surface area is 129 Å². The highest BCUT2D eigenvalue weighted by atomic mass is 35.5. The molecule has 2 aromatic rings. The number of aromatic nitrogens is 3. The predicted molar refractivity (Wildman–Crippen MR) is 81.6 cm³/mol. The van der Waals surface area contributed by atoms with Crippen LogP contribution >= 0.6 is 11.6 Å². The van der Waals surface area contributed by atoms with E-state index in [0.29, 0.717) is 17.6 Å². The van der Waals surface area contributed by atoms with Crippen molar-refractivity contribution < 1.29 is 4.74 Å². The zero-order valence-electron chi connectivity index (χ0n) is 12.2. The number of ether oxygens (including phenoxy) is 1. The minimum atomic E-state index is 0.114. The molecule has 1 aliphatic rings. The van der Waals surface area contributed by atoms with Crippen LogP contribution in [0.5, 0.6) is 5.75 Å². The highest BCUT2D eigenvalue weighted by Gasteiger charge is 2.26. The van der Waals surface area contributed by atoms with Crippen molar-refractivity contribution in [3.63, 3.8) is 0 Å². The van der Waals surface area contributed by atoms with Crippen LogP contribution in [-0.4, -0.2) is 21.9 Å². The van der Waals surface area contributed by atoms with Crippen LogP contribution in [0.15, 0.2) is 24.5 Å². The van der Waals surface area contributed by atoms with Crippen molar-refractivity contribution in [1.29, 1.82) is 0 Å². The van der Waals surface area contributed by atoms with E-state index in [1.165, 1.54) is 12.8 Å². The number of halogens is 1. The Morgan fingerprint density at radius 1 is 1.48 bits per heavy atom. The Balaban J connectivity index is 1.70. The molecule has 0 radical (unpaired) electrons. The van der Waals surface area contributed by atoms with E-state index in [2.05, 4.69) is 27.0 Å². The first-order valence-electron chi connectivity index (χ1n) is 7.14. The van der Waals surface area contributed by atoms with E-state index in [1.54, 1.807) is 7.11 Å². The van der Waals surface area contributed by atoms with Crippen LogP contribution in [0.3, 0.4) is 0 Å². The average molecular weight is 307 g/mol. The molecule has 0 unspecified atom stereocenters. The lowest BCUT2D eigenvalue weighted by Gasteiger charge is -2.17. The monoisotopic (exact) mass is 306 g/mol. The van der Waals surface area contributed by atoms with Crippen LogP contribution in [0.1, 0.15) is 43.2 Å². The smallest absolute Gasteiger partial charge is 0.147 e. The van der Waals surface area contributed by atoms with Gasteiger partial charge in [-0.05, 0) is 38.0 Å². The highest BCUT2D eigenvalue weighted by Crippen LogP contribution is 2.35. The summed E-state index contributed by atoms with van der Waals surface area (Å²) >= 11 is 6.08.